The molecule has 1 heteroatoms. The summed E-state index contributed by atoms with van der Waals surface area (Å²) in [4.78, 5) is 0. The molecule has 1 fully saturated rings. The zero-order chi connectivity index (χ0) is 24.2. The molecule has 0 saturated heterocycles. The Morgan fingerprint density at radius 1 is 0.742 bits per heavy atom. The van der Waals surface area contributed by atoms with Gasteiger partial charge in [0.15, 0.2) is 0 Å². The molecule has 0 radical (unpaired) electrons. The van der Waals surface area contributed by atoms with Crippen LogP contribution in [0.1, 0.15) is 81.2 Å². The van der Waals surface area contributed by atoms with Crippen LogP contribution in [0, 0.1) is 45.9 Å². The fourth-order valence-electron chi connectivity index (χ4n) is 3.17. The van der Waals surface area contributed by atoms with E-state index in [1.807, 2.05) is 26.8 Å². The predicted molar refractivity (Wildman–Crippen MR) is 138 cm³/mol. The van der Waals surface area contributed by atoms with Crippen LogP contribution < -0.4 is 0 Å². The smallest absolute Gasteiger partial charge is 0.126 e. The summed E-state index contributed by atoms with van der Waals surface area (Å²) in [5, 5.41) is 0. The molecule has 0 aromatic heterocycles. The van der Waals surface area contributed by atoms with Crippen LogP contribution in [0.2, 0.25) is 0 Å². The second-order valence-corrected chi connectivity index (χ2v) is 9.60. The monoisotopic (exact) mass is 424 g/mol. The topological polar surface area (TPSA) is 0 Å². The van der Waals surface area contributed by atoms with Crippen LogP contribution in [-0.2, 0) is 0 Å². The number of halogens is 1. The van der Waals surface area contributed by atoms with Gasteiger partial charge in [-0.1, -0.05) is 73.4 Å². The Hall–Kier alpha value is -2.15. The van der Waals surface area contributed by atoms with Gasteiger partial charge in [0.25, 0.3) is 0 Å². The fourth-order valence-corrected chi connectivity index (χ4v) is 3.17. The largest absolute Gasteiger partial charge is 0.207 e. The Balaban J connectivity index is 0.000000402. The van der Waals surface area contributed by atoms with E-state index in [0.717, 1.165) is 5.56 Å². The molecule has 0 bridgehead atoms. The molecular weight excluding hydrogens is 379 g/mol. The van der Waals surface area contributed by atoms with Crippen molar-refractivity contribution in [1.82, 2.24) is 0 Å². The van der Waals surface area contributed by atoms with E-state index in [4.69, 9.17) is 0 Å². The second-order valence-electron chi connectivity index (χ2n) is 9.60. The first-order valence-corrected chi connectivity index (χ1v) is 11.3. The van der Waals surface area contributed by atoms with E-state index in [1.165, 1.54) is 59.6 Å². The van der Waals surface area contributed by atoms with Crippen molar-refractivity contribution in [1.29, 1.82) is 0 Å². The van der Waals surface area contributed by atoms with Gasteiger partial charge in [-0.3, -0.25) is 0 Å². The number of benzene rings is 2. The Kier molecular flexibility index (Phi) is 13.0. The normalized spacial score (nSPS) is 13.5. The van der Waals surface area contributed by atoms with Crippen molar-refractivity contribution in [3.63, 3.8) is 0 Å². The lowest BCUT2D eigenvalue weighted by atomic mass is 9.82. The third-order valence-electron chi connectivity index (χ3n) is 5.73. The fraction of sp³-hybridized carbons (Fsp3) is 0.467. The van der Waals surface area contributed by atoms with Gasteiger partial charge < -0.3 is 0 Å². The average Bonchev–Trinajstić information content (AvgIpc) is 3.11. The minimum absolute atomic E-state index is 0.116. The first-order chi connectivity index (χ1) is 14.3. The number of hydrogen-bond acceptors (Lipinski definition) is 0. The van der Waals surface area contributed by atoms with E-state index in [1.54, 1.807) is 13.0 Å². The molecule has 0 unspecified atom stereocenters. The zero-order valence-electron chi connectivity index (χ0n) is 21.6. The highest BCUT2D eigenvalue weighted by Crippen LogP contribution is 2.42. The summed E-state index contributed by atoms with van der Waals surface area (Å²) < 4.78 is 12.6. The molecule has 2 aromatic rings. The molecule has 0 heterocycles. The van der Waals surface area contributed by atoms with Gasteiger partial charge >= 0.3 is 0 Å². The molecule has 1 saturated carbocycles. The van der Waals surface area contributed by atoms with E-state index >= 15 is 0 Å². The summed E-state index contributed by atoms with van der Waals surface area (Å²) >= 11 is 0. The molecule has 31 heavy (non-hydrogen) atoms. The molecule has 172 valence electrons. The van der Waals surface area contributed by atoms with Crippen molar-refractivity contribution < 1.29 is 4.39 Å². The Bertz CT molecular complexity index is 782. The van der Waals surface area contributed by atoms with Gasteiger partial charge in [-0.25, -0.2) is 4.39 Å². The lowest BCUT2D eigenvalue weighted by Crippen LogP contribution is -2.10. The van der Waals surface area contributed by atoms with E-state index in [2.05, 4.69) is 66.0 Å². The zero-order valence-corrected chi connectivity index (χ0v) is 21.6. The summed E-state index contributed by atoms with van der Waals surface area (Å²) in [6.07, 6.45) is 5.54. The summed E-state index contributed by atoms with van der Waals surface area (Å²) in [5.41, 5.74) is 8.83. The summed E-state index contributed by atoms with van der Waals surface area (Å²) in [6, 6.07) is 11.7. The maximum absolute atomic E-state index is 12.6. The molecule has 0 N–H and O–H groups in total. The SMILES string of the molecule is C=C(C)C.C=C(C)C1(C)CCCC1.Cc1ccc(C)c(C)c1.Cc1ccc(C)c(F)c1. The van der Waals surface area contributed by atoms with Crippen LogP contribution in [-0.4, -0.2) is 0 Å². The number of rotatable bonds is 1. The number of hydrogen-bond donors (Lipinski definition) is 0. The molecule has 2 aromatic carbocycles. The summed E-state index contributed by atoms with van der Waals surface area (Å²) in [5.74, 6) is -0.116. The second kappa shape index (κ2) is 14.0. The van der Waals surface area contributed by atoms with Crippen LogP contribution in [0.15, 0.2) is 60.7 Å². The maximum Gasteiger partial charge on any atom is 0.126 e. The minimum Gasteiger partial charge on any atom is -0.207 e. The van der Waals surface area contributed by atoms with Crippen molar-refractivity contribution in [3.05, 3.63) is 94.3 Å². The molecule has 0 nitrogen and oxygen atoms in total. The lowest BCUT2D eigenvalue weighted by Gasteiger charge is -2.23. The predicted octanol–water partition coefficient (Wildman–Crippen LogP) is 9.78. The van der Waals surface area contributed by atoms with Gasteiger partial charge in [0, 0.05) is 0 Å². The third-order valence-corrected chi connectivity index (χ3v) is 5.73. The van der Waals surface area contributed by atoms with Crippen molar-refractivity contribution in [2.24, 2.45) is 5.41 Å². The van der Waals surface area contributed by atoms with Gasteiger partial charge in [0.05, 0.1) is 0 Å². The highest BCUT2D eigenvalue weighted by molar-refractivity contribution is 5.28. The third kappa shape index (κ3) is 12.3. The van der Waals surface area contributed by atoms with E-state index in [-0.39, 0.29) is 5.82 Å². The molecule has 0 atom stereocenters. The van der Waals surface area contributed by atoms with Gasteiger partial charge in [0.2, 0.25) is 0 Å². The van der Waals surface area contributed by atoms with Crippen LogP contribution in [0.25, 0.3) is 0 Å². The number of allylic oxidation sites excluding steroid dienone is 2. The van der Waals surface area contributed by atoms with Crippen LogP contribution in [0.5, 0.6) is 0 Å². The highest BCUT2D eigenvalue weighted by atomic mass is 19.1. The Morgan fingerprint density at radius 2 is 1.16 bits per heavy atom. The molecule has 0 spiro atoms. The Morgan fingerprint density at radius 3 is 1.45 bits per heavy atom. The van der Waals surface area contributed by atoms with Gasteiger partial charge in [-0.15, -0.1) is 6.58 Å². The van der Waals surface area contributed by atoms with Crippen LogP contribution in [0.3, 0.4) is 0 Å². The summed E-state index contributed by atoms with van der Waals surface area (Å²) in [7, 11) is 0. The number of aryl methyl sites for hydroxylation is 5. The molecule has 0 aliphatic heterocycles. The van der Waals surface area contributed by atoms with Gasteiger partial charge in [-0.2, -0.15) is 0 Å². The summed E-state index contributed by atoms with van der Waals surface area (Å²) in [6.45, 7) is 26.0. The van der Waals surface area contributed by atoms with E-state index in [0.29, 0.717) is 11.0 Å². The van der Waals surface area contributed by atoms with Gasteiger partial charge in [0.1, 0.15) is 5.82 Å². The highest BCUT2D eigenvalue weighted by Gasteiger charge is 2.28. The lowest BCUT2D eigenvalue weighted by molar-refractivity contribution is 0.416. The maximum atomic E-state index is 12.6. The standard InChI is InChI=1S/C9H12.C9H16.C8H9F.C4H8/c1-7-4-5-8(2)9(3)6-7;1-8(2)9(3)6-4-5-7-9;1-6-3-4-7(2)8(9)5-6;1-4(2)3/h4-6H,1-3H3;1,4-7H2,2-3H3;3-5H,1-2H3;1H2,2-3H3. The molecule has 3 rings (SSSR count). The first kappa shape index (κ1) is 28.9. The van der Waals surface area contributed by atoms with Crippen molar-refractivity contribution >= 4 is 0 Å². The van der Waals surface area contributed by atoms with Crippen molar-refractivity contribution in [3.8, 4) is 0 Å². The van der Waals surface area contributed by atoms with E-state index in [9.17, 15) is 4.39 Å². The van der Waals surface area contributed by atoms with E-state index < -0.39 is 0 Å². The van der Waals surface area contributed by atoms with Crippen LogP contribution in [0.4, 0.5) is 4.39 Å². The van der Waals surface area contributed by atoms with Crippen molar-refractivity contribution in [2.75, 3.05) is 0 Å². The quantitative estimate of drug-likeness (QED) is 0.400. The molecule has 1 aliphatic rings. The molecular formula is C30H45F. The first-order valence-electron chi connectivity index (χ1n) is 11.3. The van der Waals surface area contributed by atoms with Gasteiger partial charge in [-0.05, 0) is 102 Å². The molecule has 0 amide bonds. The van der Waals surface area contributed by atoms with Crippen molar-refractivity contribution in [2.45, 2.75) is 88.0 Å². The Labute approximate surface area is 192 Å². The molecule has 1 aliphatic carbocycles. The van der Waals surface area contributed by atoms with Crippen LogP contribution >= 0.6 is 0 Å². The average molecular weight is 425 g/mol. The minimum atomic E-state index is -0.116.